The molecule has 0 aromatic carbocycles. The fourth-order valence-corrected chi connectivity index (χ4v) is 5.47. The fourth-order valence-electron chi connectivity index (χ4n) is 5.47. The van der Waals surface area contributed by atoms with E-state index in [2.05, 4.69) is 25.3 Å². The lowest BCUT2D eigenvalue weighted by Gasteiger charge is -2.40. The van der Waals surface area contributed by atoms with E-state index < -0.39 is 0 Å². The lowest BCUT2D eigenvalue weighted by molar-refractivity contribution is -0.0751. The van der Waals surface area contributed by atoms with Crippen LogP contribution in [-0.4, -0.2) is 38.0 Å². The zero-order valence-electron chi connectivity index (χ0n) is 16.6. The van der Waals surface area contributed by atoms with Crippen molar-refractivity contribution >= 4 is 0 Å². The van der Waals surface area contributed by atoms with Crippen LogP contribution in [0.5, 0.6) is 0 Å². The molecule has 0 bridgehead atoms. The Labute approximate surface area is 164 Å². The van der Waals surface area contributed by atoms with Crippen LogP contribution >= 0.6 is 0 Å². The molecule has 4 heteroatoms. The van der Waals surface area contributed by atoms with Gasteiger partial charge in [-0.3, -0.25) is 0 Å². The summed E-state index contributed by atoms with van der Waals surface area (Å²) >= 11 is 0. The summed E-state index contributed by atoms with van der Waals surface area (Å²) in [5, 5.41) is 0. The number of ether oxygens (including phenoxy) is 4. The Morgan fingerprint density at radius 3 is 1.56 bits per heavy atom. The summed E-state index contributed by atoms with van der Waals surface area (Å²) in [5.41, 5.74) is 0. The van der Waals surface area contributed by atoms with Gasteiger partial charge in [0.1, 0.15) is 13.2 Å². The molecule has 2 aliphatic heterocycles. The van der Waals surface area contributed by atoms with E-state index >= 15 is 0 Å². The van der Waals surface area contributed by atoms with Crippen LogP contribution < -0.4 is 0 Å². The van der Waals surface area contributed by atoms with Crippen molar-refractivity contribution in [3.8, 4) is 0 Å². The molecule has 4 rings (SSSR count). The predicted octanol–water partition coefficient (Wildman–Crippen LogP) is 4.84. The average molecular weight is 377 g/mol. The van der Waals surface area contributed by atoms with Crippen LogP contribution in [0.4, 0.5) is 0 Å². The molecule has 0 aromatic heterocycles. The molecule has 8 atom stereocenters. The van der Waals surface area contributed by atoms with Crippen LogP contribution in [0.15, 0.2) is 25.3 Å². The highest BCUT2D eigenvalue weighted by atomic mass is 16.8. The zero-order chi connectivity index (χ0) is 18.6. The minimum atomic E-state index is 0.0734. The largest absolute Gasteiger partial charge is 0.347 e. The highest BCUT2D eigenvalue weighted by Gasteiger charge is 2.39. The maximum atomic E-state index is 6.10. The molecule has 0 spiro atoms. The van der Waals surface area contributed by atoms with Gasteiger partial charge >= 0.3 is 0 Å². The van der Waals surface area contributed by atoms with E-state index in [1.807, 2.05) is 0 Å². The van der Waals surface area contributed by atoms with E-state index in [4.69, 9.17) is 18.9 Å². The Balaban J connectivity index is 1.27. The molecular formula is C23H36O4. The van der Waals surface area contributed by atoms with E-state index in [0.717, 1.165) is 37.9 Å². The van der Waals surface area contributed by atoms with E-state index in [-0.39, 0.29) is 12.6 Å². The van der Waals surface area contributed by atoms with E-state index in [9.17, 15) is 0 Å². The van der Waals surface area contributed by atoms with E-state index in [0.29, 0.717) is 24.0 Å². The van der Waals surface area contributed by atoms with Crippen molar-refractivity contribution in [3.63, 3.8) is 0 Å². The third kappa shape index (κ3) is 5.66. The van der Waals surface area contributed by atoms with Crippen molar-refractivity contribution in [2.45, 2.75) is 82.6 Å². The van der Waals surface area contributed by atoms with Crippen LogP contribution in [-0.2, 0) is 18.9 Å². The van der Waals surface area contributed by atoms with Gasteiger partial charge < -0.3 is 18.9 Å². The van der Waals surface area contributed by atoms with Crippen molar-refractivity contribution in [2.75, 3.05) is 13.2 Å². The second-order valence-electron chi connectivity index (χ2n) is 9.04. The Bertz CT molecular complexity index is 455. The summed E-state index contributed by atoms with van der Waals surface area (Å²) in [5.74, 6) is 2.88. The number of epoxide rings is 2. The number of hydrogen-bond donors (Lipinski definition) is 0. The Hall–Kier alpha value is -0.680. The lowest BCUT2D eigenvalue weighted by Crippen LogP contribution is -2.35. The molecule has 4 aliphatic rings. The second-order valence-corrected chi connectivity index (χ2v) is 9.04. The first-order valence-electron chi connectivity index (χ1n) is 11.0. The quantitative estimate of drug-likeness (QED) is 0.404. The van der Waals surface area contributed by atoms with Crippen molar-refractivity contribution in [1.82, 2.24) is 0 Å². The van der Waals surface area contributed by atoms with E-state index in [1.54, 1.807) is 0 Å². The first-order chi connectivity index (χ1) is 13.2. The van der Waals surface area contributed by atoms with Crippen LogP contribution in [0.1, 0.15) is 57.8 Å². The van der Waals surface area contributed by atoms with Gasteiger partial charge in [-0.15, -0.1) is 13.2 Å². The molecule has 2 aliphatic carbocycles. The number of allylic oxidation sites excluding steroid dienone is 2. The highest BCUT2D eigenvalue weighted by molar-refractivity contribution is 4.90. The molecule has 8 unspecified atom stereocenters. The van der Waals surface area contributed by atoms with Crippen molar-refractivity contribution in [1.29, 1.82) is 0 Å². The summed E-state index contributed by atoms with van der Waals surface area (Å²) in [6.45, 7) is 9.50. The van der Waals surface area contributed by atoms with Gasteiger partial charge in [0.05, 0.1) is 12.2 Å². The number of hydrogen-bond acceptors (Lipinski definition) is 4. The monoisotopic (exact) mass is 376 g/mol. The number of rotatable bonds is 10. The van der Waals surface area contributed by atoms with Gasteiger partial charge in [-0.05, 0) is 81.5 Å². The molecule has 27 heavy (non-hydrogen) atoms. The topological polar surface area (TPSA) is 43.5 Å². The molecule has 2 saturated carbocycles. The SMILES string of the molecule is C=CCC1CC(CC2CCC(OC3CO3)C(CC=C)C2)CCC1OC1CO1. The van der Waals surface area contributed by atoms with Gasteiger partial charge in [-0.25, -0.2) is 0 Å². The standard InChI is InChI=1S/C23H36O4/c1-3-5-18-12-16(7-9-20(18)26-22-14-24-22)11-17-8-10-21(27-23-15-25-23)19(13-17)6-4-2/h3-4,16-23H,1-2,5-15H2. The third-order valence-corrected chi connectivity index (χ3v) is 6.91. The molecule has 152 valence electrons. The highest BCUT2D eigenvalue weighted by Crippen LogP contribution is 2.43. The second kappa shape index (κ2) is 9.21. The van der Waals surface area contributed by atoms with Crippen LogP contribution in [0, 0.1) is 23.7 Å². The lowest BCUT2D eigenvalue weighted by atomic mass is 9.70. The Morgan fingerprint density at radius 2 is 1.19 bits per heavy atom. The van der Waals surface area contributed by atoms with Crippen LogP contribution in [0.2, 0.25) is 0 Å². The summed E-state index contributed by atoms with van der Waals surface area (Å²) in [7, 11) is 0. The van der Waals surface area contributed by atoms with Gasteiger partial charge in [0, 0.05) is 0 Å². The summed E-state index contributed by atoms with van der Waals surface area (Å²) in [4.78, 5) is 0. The summed E-state index contributed by atoms with van der Waals surface area (Å²) < 4.78 is 22.8. The minimum Gasteiger partial charge on any atom is -0.347 e. The van der Waals surface area contributed by atoms with Crippen molar-refractivity contribution in [3.05, 3.63) is 25.3 Å². The maximum Gasteiger partial charge on any atom is 0.181 e. The first-order valence-corrected chi connectivity index (χ1v) is 11.0. The van der Waals surface area contributed by atoms with Crippen molar-refractivity contribution in [2.24, 2.45) is 23.7 Å². The van der Waals surface area contributed by atoms with Crippen LogP contribution in [0.3, 0.4) is 0 Å². The fraction of sp³-hybridized carbons (Fsp3) is 0.826. The summed E-state index contributed by atoms with van der Waals surface area (Å²) in [6, 6.07) is 0. The Morgan fingerprint density at radius 1 is 0.741 bits per heavy atom. The molecule has 0 amide bonds. The molecule has 2 saturated heterocycles. The molecule has 0 N–H and O–H groups in total. The Kier molecular flexibility index (Phi) is 6.70. The minimum absolute atomic E-state index is 0.0734. The zero-order valence-corrected chi connectivity index (χ0v) is 16.6. The van der Waals surface area contributed by atoms with E-state index in [1.165, 1.54) is 44.9 Å². The van der Waals surface area contributed by atoms with Gasteiger partial charge in [-0.1, -0.05) is 12.2 Å². The van der Waals surface area contributed by atoms with Gasteiger partial charge in [0.15, 0.2) is 12.6 Å². The molecule has 0 radical (unpaired) electrons. The van der Waals surface area contributed by atoms with Crippen LogP contribution in [0.25, 0.3) is 0 Å². The van der Waals surface area contributed by atoms with Gasteiger partial charge in [0.2, 0.25) is 0 Å². The maximum absolute atomic E-state index is 6.10. The molecular weight excluding hydrogens is 340 g/mol. The third-order valence-electron chi connectivity index (χ3n) is 6.91. The van der Waals surface area contributed by atoms with Crippen molar-refractivity contribution < 1.29 is 18.9 Å². The smallest absolute Gasteiger partial charge is 0.181 e. The van der Waals surface area contributed by atoms with Gasteiger partial charge in [-0.2, -0.15) is 0 Å². The predicted molar refractivity (Wildman–Crippen MR) is 105 cm³/mol. The molecule has 4 fully saturated rings. The average Bonchev–Trinajstić information content (AvgIpc) is 3.56. The molecule has 2 heterocycles. The normalized spacial score (nSPS) is 43.9. The molecule has 0 aromatic rings. The molecule has 4 nitrogen and oxygen atoms in total. The van der Waals surface area contributed by atoms with Gasteiger partial charge in [0.25, 0.3) is 0 Å². The first kappa shape index (κ1) is 19.6. The summed E-state index contributed by atoms with van der Waals surface area (Å²) in [6.07, 6.45) is 16.0.